The van der Waals surface area contributed by atoms with E-state index in [0.717, 1.165) is 0 Å². The second kappa shape index (κ2) is 7.06. The van der Waals surface area contributed by atoms with Gasteiger partial charge >= 0.3 is 0 Å². The summed E-state index contributed by atoms with van der Waals surface area (Å²) in [5.74, 6) is -0.504. The number of benzene rings is 2. The van der Waals surface area contributed by atoms with Gasteiger partial charge in [-0.15, -0.1) is 0 Å². The lowest BCUT2D eigenvalue weighted by Gasteiger charge is -2.08. The number of carbonyl (C=O) groups is 1. The Kier molecular flexibility index (Phi) is 4.67. The van der Waals surface area contributed by atoms with Crippen molar-refractivity contribution in [1.29, 1.82) is 0 Å². The van der Waals surface area contributed by atoms with Gasteiger partial charge in [-0.05, 0) is 36.4 Å². The van der Waals surface area contributed by atoms with Crippen LogP contribution in [0.2, 0.25) is 5.02 Å². The van der Waals surface area contributed by atoms with Gasteiger partial charge in [-0.3, -0.25) is 4.79 Å². The standard InChI is InChI=1S/C17H12ClFN4O/c18-11-5-7-12(8-6-11)22-17(24)15-9-16(21-10-20-15)23-14-4-2-1-3-13(14)19/h1-10H,(H,22,24)(H,20,21,23). The maximum atomic E-state index is 13.7. The molecule has 24 heavy (non-hydrogen) atoms. The maximum absolute atomic E-state index is 13.7. The molecule has 0 spiro atoms. The number of hydrogen-bond donors (Lipinski definition) is 2. The van der Waals surface area contributed by atoms with E-state index < -0.39 is 11.7 Å². The number of para-hydroxylation sites is 1. The number of aromatic nitrogens is 2. The van der Waals surface area contributed by atoms with Crippen LogP contribution < -0.4 is 10.6 Å². The molecule has 1 heterocycles. The zero-order valence-electron chi connectivity index (χ0n) is 12.3. The van der Waals surface area contributed by atoms with Crippen LogP contribution in [0.4, 0.5) is 21.6 Å². The molecule has 2 aromatic carbocycles. The summed E-state index contributed by atoms with van der Waals surface area (Å²) in [6.45, 7) is 0. The van der Waals surface area contributed by atoms with E-state index in [-0.39, 0.29) is 11.4 Å². The molecule has 0 aliphatic heterocycles. The third kappa shape index (κ3) is 3.85. The molecule has 3 aromatic rings. The summed E-state index contributed by atoms with van der Waals surface area (Å²) in [7, 11) is 0. The van der Waals surface area contributed by atoms with Crippen molar-refractivity contribution < 1.29 is 9.18 Å². The number of rotatable bonds is 4. The van der Waals surface area contributed by atoms with Gasteiger partial charge in [0, 0.05) is 16.8 Å². The molecule has 0 saturated carbocycles. The van der Waals surface area contributed by atoms with Gasteiger partial charge in [0.05, 0.1) is 5.69 Å². The van der Waals surface area contributed by atoms with Gasteiger partial charge in [-0.2, -0.15) is 0 Å². The molecule has 0 bridgehead atoms. The highest BCUT2D eigenvalue weighted by molar-refractivity contribution is 6.30. The van der Waals surface area contributed by atoms with Gasteiger partial charge in [0.2, 0.25) is 0 Å². The van der Waals surface area contributed by atoms with Crippen molar-refractivity contribution in [3.8, 4) is 0 Å². The highest BCUT2D eigenvalue weighted by Crippen LogP contribution is 2.19. The first kappa shape index (κ1) is 15.9. The first-order valence-corrected chi connectivity index (χ1v) is 7.40. The molecule has 2 N–H and O–H groups in total. The average molecular weight is 343 g/mol. The number of anilines is 3. The first-order chi connectivity index (χ1) is 11.6. The molecule has 7 heteroatoms. The SMILES string of the molecule is O=C(Nc1ccc(Cl)cc1)c1cc(Nc2ccccc2F)ncn1. The molecular weight excluding hydrogens is 331 g/mol. The Morgan fingerprint density at radius 2 is 1.79 bits per heavy atom. The topological polar surface area (TPSA) is 66.9 Å². The fourth-order valence-electron chi connectivity index (χ4n) is 1.98. The zero-order chi connectivity index (χ0) is 16.9. The van der Waals surface area contributed by atoms with E-state index in [1.807, 2.05) is 0 Å². The molecule has 0 fully saturated rings. The normalized spacial score (nSPS) is 10.2. The minimum absolute atomic E-state index is 0.152. The maximum Gasteiger partial charge on any atom is 0.274 e. The second-order valence-corrected chi connectivity index (χ2v) is 5.29. The predicted octanol–water partition coefficient (Wildman–Crippen LogP) is 4.27. The van der Waals surface area contributed by atoms with Gasteiger partial charge in [-0.1, -0.05) is 23.7 Å². The summed E-state index contributed by atoms with van der Waals surface area (Å²) in [6.07, 6.45) is 1.24. The first-order valence-electron chi connectivity index (χ1n) is 7.02. The van der Waals surface area contributed by atoms with E-state index in [0.29, 0.717) is 16.5 Å². The van der Waals surface area contributed by atoms with Crippen molar-refractivity contribution >= 4 is 34.7 Å². The average Bonchev–Trinajstić information content (AvgIpc) is 2.59. The monoisotopic (exact) mass is 342 g/mol. The molecule has 0 aliphatic rings. The van der Waals surface area contributed by atoms with Gasteiger partial charge in [-0.25, -0.2) is 14.4 Å². The summed E-state index contributed by atoms with van der Waals surface area (Å²) in [5.41, 5.74) is 1.01. The second-order valence-electron chi connectivity index (χ2n) is 4.85. The largest absolute Gasteiger partial charge is 0.338 e. The van der Waals surface area contributed by atoms with Crippen molar-refractivity contribution in [2.24, 2.45) is 0 Å². The number of carbonyl (C=O) groups excluding carboxylic acids is 1. The minimum atomic E-state index is -0.414. The lowest BCUT2D eigenvalue weighted by molar-refractivity contribution is 0.102. The number of amides is 1. The van der Waals surface area contributed by atoms with E-state index in [1.165, 1.54) is 18.5 Å². The van der Waals surface area contributed by atoms with Crippen LogP contribution >= 0.6 is 11.6 Å². The van der Waals surface area contributed by atoms with Crippen molar-refractivity contribution in [3.05, 3.63) is 77.5 Å². The van der Waals surface area contributed by atoms with Gasteiger partial charge in [0.25, 0.3) is 5.91 Å². The van der Waals surface area contributed by atoms with Crippen LogP contribution in [0.15, 0.2) is 60.9 Å². The highest BCUT2D eigenvalue weighted by atomic mass is 35.5. The molecule has 0 saturated heterocycles. The summed E-state index contributed by atoms with van der Waals surface area (Å²) in [4.78, 5) is 20.2. The Hall–Kier alpha value is -2.99. The molecule has 1 amide bonds. The lowest BCUT2D eigenvalue weighted by Crippen LogP contribution is -2.14. The van der Waals surface area contributed by atoms with Crippen LogP contribution in [0, 0.1) is 5.82 Å². The number of nitrogens with one attached hydrogen (secondary N) is 2. The summed E-state index contributed by atoms with van der Waals surface area (Å²) >= 11 is 5.80. The smallest absolute Gasteiger partial charge is 0.274 e. The van der Waals surface area contributed by atoms with Crippen LogP contribution in [0.25, 0.3) is 0 Å². The number of nitrogens with zero attached hydrogens (tertiary/aromatic N) is 2. The van der Waals surface area contributed by atoms with Gasteiger partial charge in [0.15, 0.2) is 0 Å². The molecule has 3 rings (SSSR count). The molecule has 1 aromatic heterocycles. The molecule has 120 valence electrons. The number of halogens is 2. The van der Waals surface area contributed by atoms with Crippen LogP contribution in [-0.4, -0.2) is 15.9 Å². The predicted molar refractivity (Wildman–Crippen MR) is 91.1 cm³/mol. The van der Waals surface area contributed by atoms with Crippen molar-refractivity contribution in [2.75, 3.05) is 10.6 Å². The highest BCUT2D eigenvalue weighted by Gasteiger charge is 2.10. The Morgan fingerprint density at radius 1 is 1.04 bits per heavy atom. The third-order valence-electron chi connectivity index (χ3n) is 3.14. The minimum Gasteiger partial charge on any atom is -0.338 e. The molecule has 0 radical (unpaired) electrons. The van der Waals surface area contributed by atoms with E-state index in [1.54, 1.807) is 42.5 Å². The van der Waals surface area contributed by atoms with Crippen LogP contribution in [0.1, 0.15) is 10.5 Å². The van der Waals surface area contributed by atoms with E-state index in [4.69, 9.17) is 11.6 Å². The molecule has 5 nitrogen and oxygen atoms in total. The Balaban J connectivity index is 1.76. The van der Waals surface area contributed by atoms with Crippen molar-refractivity contribution in [1.82, 2.24) is 9.97 Å². The summed E-state index contributed by atoms with van der Waals surface area (Å²) in [5, 5.41) is 6.09. The van der Waals surface area contributed by atoms with Gasteiger partial charge < -0.3 is 10.6 Å². The fourth-order valence-corrected chi connectivity index (χ4v) is 2.10. The lowest BCUT2D eigenvalue weighted by atomic mass is 10.3. The quantitative estimate of drug-likeness (QED) is 0.743. The Labute approximate surface area is 142 Å². The van der Waals surface area contributed by atoms with Crippen LogP contribution in [-0.2, 0) is 0 Å². The van der Waals surface area contributed by atoms with Crippen molar-refractivity contribution in [3.63, 3.8) is 0 Å². The fraction of sp³-hybridized carbons (Fsp3) is 0. The van der Waals surface area contributed by atoms with Crippen LogP contribution in [0.3, 0.4) is 0 Å². The Morgan fingerprint density at radius 3 is 2.54 bits per heavy atom. The molecule has 0 aliphatic carbocycles. The molecular formula is C17H12ClFN4O. The molecule has 0 atom stereocenters. The molecule has 0 unspecified atom stereocenters. The summed E-state index contributed by atoms with van der Waals surface area (Å²) < 4.78 is 13.7. The third-order valence-corrected chi connectivity index (χ3v) is 3.39. The zero-order valence-corrected chi connectivity index (χ0v) is 13.1. The summed E-state index contributed by atoms with van der Waals surface area (Å²) in [6, 6.07) is 14.3. The number of hydrogen-bond acceptors (Lipinski definition) is 4. The van der Waals surface area contributed by atoms with Gasteiger partial charge in [0.1, 0.15) is 23.7 Å². The van der Waals surface area contributed by atoms with E-state index in [9.17, 15) is 9.18 Å². The van der Waals surface area contributed by atoms with Crippen LogP contribution in [0.5, 0.6) is 0 Å². The van der Waals surface area contributed by atoms with E-state index >= 15 is 0 Å². The van der Waals surface area contributed by atoms with Crippen molar-refractivity contribution in [2.45, 2.75) is 0 Å². The van der Waals surface area contributed by atoms with E-state index in [2.05, 4.69) is 20.6 Å². The Bertz CT molecular complexity index is 870.